The summed E-state index contributed by atoms with van der Waals surface area (Å²) in [7, 11) is 0. The van der Waals surface area contributed by atoms with Crippen molar-refractivity contribution in [2.45, 2.75) is 97.0 Å². The fourth-order valence-electron chi connectivity index (χ4n) is 5.99. The van der Waals surface area contributed by atoms with Crippen molar-refractivity contribution in [3.8, 4) is 0 Å². The maximum Gasteiger partial charge on any atom is 0.317 e. The van der Waals surface area contributed by atoms with E-state index in [4.69, 9.17) is 0 Å². The number of aliphatic hydroxyl groups is 1. The first-order chi connectivity index (χ1) is 21.6. The van der Waals surface area contributed by atoms with Crippen LogP contribution < -0.4 is 0 Å². The van der Waals surface area contributed by atoms with Gasteiger partial charge < -0.3 is 25.3 Å². The summed E-state index contributed by atoms with van der Waals surface area (Å²) in [4.78, 5) is 44.5. The topological polar surface area (TPSA) is 148 Å². The van der Waals surface area contributed by atoms with Crippen LogP contribution >= 0.6 is 0 Å². The van der Waals surface area contributed by atoms with Gasteiger partial charge >= 0.3 is 17.9 Å². The summed E-state index contributed by atoms with van der Waals surface area (Å²) in [5.41, 5.74) is 0. The Labute approximate surface area is 272 Å². The molecule has 1 saturated heterocycles. The third kappa shape index (κ3) is 23.2. The summed E-state index contributed by atoms with van der Waals surface area (Å²) >= 11 is 0. The highest BCUT2D eigenvalue weighted by Gasteiger charge is 2.22. The highest BCUT2D eigenvalue weighted by molar-refractivity contribution is 5.69. The molecule has 264 valence electrons. The monoisotopic (exact) mass is 643 g/mol. The van der Waals surface area contributed by atoms with Crippen molar-refractivity contribution in [2.75, 3.05) is 98.2 Å². The predicted molar refractivity (Wildman–Crippen MR) is 178 cm³/mol. The molecule has 1 heterocycles. The lowest BCUT2D eigenvalue weighted by Crippen LogP contribution is -2.50. The maximum atomic E-state index is 11.6. The molecule has 12 heteroatoms. The molecule has 4 N–H and O–H groups in total. The molecule has 0 aromatic heterocycles. The molecule has 1 aliphatic heterocycles. The van der Waals surface area contributed by atoms with Crippen molar-refractivity contribution >= 4 is 17.9 Å². The summed E-state index contributed by atoms with van der Waals surface area (Å²) in [6.07, 6.45) is 14.2. The van der Waals surface area contributed by atoms with Crippen molar-refractivity contribution < 1.29 is 34.8 Å². The van der Waals surface area contributed by atoms with Crippen LogP contribution in [0.1, 0.15) is 90.9 Å². The van der Waals surface area contributed by atoms with Gasteiger partial charge in [-0.25, -0.2) is 0 Å². The number of carboxylic acids is 3. The van der Waals surface area contributed by atoms with Crippen LogP contribution in [0.4, 0.5) is 0 Å². The third-order valence-corrected chi connectivity index (χ3v) is 8.60. The Morgan fingerprint density at radius 3 is 1.18 bits per heavy atom. The molecule has 12 nitrogen and oxygen atoms in total. The van der Waals surface area contributed by atoms with Crippen LogP contribution in [0.2, 0.25) is 0 Å². The summed E-state index contributed by atoms with van der Waals surface area (Å²) in [6.45, 7) is 10.4. The minimum absolute atomic E-state index is 0.146. The van der Waals surface area contributed by atoms with Crippen LogP contribution in [0.3, 0.4) is 0 Å². The molecule has 0 amide bonds. The normalized spacial score (nSPS) is 17.6. The van der Waals surface area contributed by atoms with Crippen molar-refractivity contribution in [1.82, 2.24) is 24.5 Å². The van der Waals surface area contributed by atoms with Gasteiger partial charge in [-0.3, -0.25) is 34.0 Å². The van der Waals surface area contributed by atoms with Gasteiger partial charge in [-0.15, -0.1) is 0 Å². The van der Waals surface area contributed by atoms with E-state index in [-0.39, 0.29) is 19.6 Å². The van der Waals surface area contributed by atoms with Gasteiger partial charge in [0.15, 0.2) is 0 Å². The zero-order valence-corrected chi connectivity index (χ0v) is 28.4. The molecular weight excluding hydrogens is 578 g/mol. The first-order valence-corrected chi connectivity index (χ1v) is 17.6. The van der Waals surface area contributed by atoms with E-state index in [0.717, 1.165) is 25.9 Å². The molecule has 0 saturated carbocycles. The van der Waals surface area contributed by atoms with Crippen molar-refractivity contribution in [3.05, 3.63) is 0 Å². The van der Waals surface area contributed by atoms with Crippen LogP contribution in [-0.4, -0.2) is 167 Å². The Morgan fingerprint density at radius 1 is 0.533 bits per heavy atom. The van der Waals surface area contributed by atoms with E-state index < -0.39 is 24.0 Å². The lowest BCUT2D eigenvalue weighted by atomic mass is 10.1. The smallest absolute Gasteiger partial charge is 0.317 e. The first kappa shape index (κ1) is 41.2. The summed E-state index contributed by atoms with van der Waals surface area (Å²) in [5, 5.41) is 39.6. The summed E-state index contributed by atoms with van der Waals surface area (Å²) in [6, 6.07) is 0. The van der Waals surface area contributed by atoms with Gasteiger partial charge in [0, 0.05) is 65.4 Å². The lowest BCUT2D eigenvalue weighted by molar-refractivity contribution is -0.140. The zero-order chi connectivity index (χ0) is 33.3. The van der Waals surface area contributed by atoms with Gasteiger partial charge in [0.25, 0.3) is 0 Å². The summed E-state index contributed by atoms with van der Waals surface area (Å²) < 4.78 is 0. The van der Waals surface area contributed by atoms with Crippen LogP contribution in [0.25, 0.3) is 0 Å². The number of nitrogens with zero attached hydrogens (tertiary/aromatic N) is 5. The molecule has 1 rings (SSSR count). The van der Waals surface area contributed by atoms with Gasteiger partial charge in [0.2, 0.25) is 0 Å². The van der Waals surface area contributed by atoms with E-state index in [0.29, 0.717) is 65.4 Å². The second-order valence-corrected chi connectivity index (χ2v) is 12.8. The third-order valence-electron chi connectivity index (χ3n) is 8.60. The van der Waals surface area contributed by atoms with E-state index in [2.05, 4.69) is 23.6 Å². The van der Waals surface area contributed by atoms with Crippen molar-refractivity contribution in [3.63, 3.8) is 0 Å². The predicted octanol–water partition coefficient (Wildman–Crippen LogP) is 2.85. The highest BCUT2D eigenvalue weighted by atomic mass is 16.4. The second-order valence-electron chi connectivity index (χ2n) is 12.8. The number of unbranched alkanes of at least 4 members (excludes halogenated alkanes) is 10. The molecule has 0 aliphatic carbocycles. The number of rotatable bonds is 24. The second kappa shape index (κ2) is 26.3. The fraction of sp³-hybridized carbons (Fsp3) is 0.909. The molecule has 0 aromatic rings. The number of aliphatic carboxylic acids is 3. The quantitative estimate of drug-likeness (QED) is 0.115. The van der Waals surface area contributed by atoms with Gasteiger partial charge in [0.1, 0.15) is 0 Å². The van der Waals surface area contributed by atoms with Crippen LogP contribution in [0.5, 0.6) is 0 Å². The minimum Gasteiger partial charge on any atom is -0.480 e. The number of hydrogen-bond acceptors (Lipinski definition) is 9. The summed E-state index contributed by atoms with van der Waals surface area (Å²) in [5.74, 6) is -2.85. The maximum absolute atomic E-state index is 11.6. The van der Waals surface area contributed by atoms with Gasteiger partial charge in [0.05, 0.1) is 25.7 Å². The van der Waals surface area contributed by atoms with Crippen molar-refractivity contribution in [1.29, 1.82) is 0 Å². The molecule has 0 aromatic carbocycles. The van der Waals surface area contributed by atoms with Crippen LogP contribution in [-0.2, 0) is 14.4 Å². The Bertz CT molecular complexity index is 743. The van der Waals surface area contributed by atoms with Crippen LogP contribution in [0.15, 0.2) is 0 Å². The Kier molecular flexibility index (Phi) is 24.0. The number of carbonyl (C=O) groups is 3. The van der Waals surface area contributed by atoms with Gasteiger partial charge in [-0.2, -0.15) is 0 Å². The fourth-order valence-corrected chi connectivity index (χ4v) is 5.99. The minimum atomic E-state index is -0.973. The van der Waals surface area contributed by atoms with E-state index in [1.165, 1.54) is 64.2 Å². The Hall–Kier alpha value is -1.83. The van der Waals surface area contributed by atoms with E-state index in [1.54, 1.807) is 4.90 Å². The van der Waals surface area contributed by atoms with E-state index >= 15 is 0 Å². The number of hydrogen-bond donors (Lipinski definition) is 4. The Morgan fingerprint density at radius 2 is 0.844 bits per heavy atom. The molecule has 0 bridgehead atoms. The number of aliphatic hydroxyl groups excluding tert-OH is 1. The average Bonchev–Trinajstić information content (AvgIpc) is 2.97. The van der Waals surface area contributed by atoms with Crippen molar-refractivity contribution in [2.24, 2.45) is 0 Å². The van der Waals surface area contributed by atoms with Gasteiger partial charge in [-0.1, -0.05) is 78.1 Å². The molecule has 1 unspecified atom stereocenters. The molecule has 45 heavy (non-hydrogen) atoms. The largest absolute Gasteiger partial charge is 0.480 e. The molecule has 0 radical (unpaired) electrons. The van der Waals surface area contributed by atoms with E-state index in [9.17, 15) is 34.8 Å². The molecule has 1 atom stereocenters. The molecule has 1 fully saturated rings. The highest BCUT2D eigenvalue weighted by Crippen LogP contribution is 2.10. The standard InChI is InChI=1S/C33H65N5O7/c1-3-5-7-9-11-13-15-34(16-14-12-10-8-6-4-2)25-30(39)26-35-17-19-36(27-31(40)41)21-23-38(29-33(44)45)24-22-37(20-18-35)28-32(42)43/h30,39H,3-29H2,1-2H3,(H,40,41)(H,42,43)(H,44,45). The Balaban J connectivity index is 2.88. The van der Waals surface area contributed by atoms with Crippen LogP contribution in [0, 0.1) is 0 Å². The average molecular weight is 644 g/mol. The number of β-amino-alcohol motifs (C(OH)–C–C–N with tert-alkyl or cyclic N) is 1. The molecule has 0 spiro atoms. The van der Waals surface area contributed by atoms with Gasteiger partial charge in [-0.05, 0) is 25.9 Å². The van der Waals surface area contributed by atoms with E-state index in [1.807, 2.05) is 9.80 Å². The molecule has 1 aliphatic rings. The lowest BCUT2D eigenvalue weighted by Gasteiger charge is -2.34. The first-order valence-electron chi connectivity index (χ1n) is 17.6. The number of carboxylic acid groups (broad SMARTS) is 3. The SMILES string of the molecule is CCCCCCCCN(CCCCCCCC)CC(O)CN1CCN(CC(=O)O)CCN(CC(=O)O)CCN(CC(=O)O)CC1. The molecular formula is C33H65N5O7. The zero-order valence-electron chi connectivity index (χ0n) is 28.4.